The molecule has 188 valence electrons. The van der Waals surface area contributed by atoms with Gasteiger partial charge in [-0.25, -0.2) is 19.2 Å². The number of fused-ring (bicyclic) bond motifs is 2. The number of likely N-dealkylation sites (tertiary alicyclic amines) is 1. The predicted octanol–water partition coefficient (Wildman–Crippen LogP) is 7.12. The molecule has 2 fully saturated rings. The highest BCUT2D eigenvalue weighted by molar-refractivity contribution is 6.42. The molecule has 1 saturated carbocycles. The van der Waals surface area contributed by atoms with Gasteiger partial charge in [-0.1, -0.05) is 59.6 Å². The van der Waals surface area contributed by atoms with Gasteiger partial charge in [0.05, 0.1) is 21.2 Å². The number of hydrogen-bond acceptors (Lipinski definition) is 5. The minimum Gasteiger partial charge on any atom is -0.445 e. The first kappa shape index (κ1) is 23.9. The molecule has 2 aliphatic rings. The maximum atomic E-state index is 14.7. The van der Waals surface area contributed by atoms with E-state index < -0.39 is 5.82 Å². The van der Waals surface area contributed by atoms with Crippen molar-refractivity contribution in [3.8, 4) is 0 Å². The van der Waals surface area contributed by atoms with Crippen LogP contribution in [0.4, 0.5) is 20.7 Å². The van der Waals surface area contributed by atoms with Crippen LogP contribution in [0.3, 0.4) is 0 Å². The molecule has 4 aromatic rings. The fourth-order valence-corrected chi connectivity index (χ4v) is 5.62. The summed E-state index contributed by atoms with van der Waals surface area (Å²) < 4.78 is 20.3. The van der Waals surface area contributed by atoms with E-state index in [9.17, 15) is 9.18 Å². The molecule has 2 unspecified atom stereocenters. The van der Waals surface area contributed by atoms with Gasteiger partial charge in [-0.05, 0) is 54.2 Å². The number of benzene rings is 3. The first-order chi connectivity index (χ1) is 17.9. The number of nitrogens with one attached hydrogen (secondary N) is 1. The highest BCUT2D eigenvalue weighted by atomic mass is 35.5. The van der Waals surface area contributed by atoms with Crippen LogP contribution < -0.4 is 5.32 Å². The van der Waals surface area contributed by atoms with E-state index in [0.29, 0.717) is 24.8 Å². The maximum absolute atomic E-state index is 14.7. The molecule has 1 amide bonds. The van der Waals surface area contributed by atoms with Gasteiger partial charge in [0.2, 0.25) is 0 Å². The molecule has 9 heteroatoms. The number of ether oxygens (including phenoxy) is 1. The summed E-state index contributed by atoms with van der Waals surface area (Å²) >= 11 is 11.9. The Labute approximate surface area is 223 Å². The third kappa shape index (κ3) is 4.47. The molecule has 1 aromatic heterocycles. The Hall–Kier alpha value is -3.42. The average molecular weight is 537 g/mol. The number of carbonyl (C=O) groups is 1. The van der Waals surface area contributed by atoms with Crippen LogP contribution >= 0.6 is 23.2 Å². The van der Waals surface area contributed by atoms with E-state index in [1.807, 2.05) is 47.4 Å². The second kappa shape index (κ2) is 9.47. The van der Waals surface area contributed by atoms with Gasteiger partial charge in [-0.2, -0.15) is 0 Å². The Bertz CT molecular complexity index is 1500. The largest absolute Gasteiger partial charge is 0.445 e. The number of anilines is 2. The monoisotopic (exact) mass is 536 g/mol. The van der Waals surface area contributed by atoms with Gasteiger partial charge in [0.15, 0.2) is 5.82 Å². The lowest BCUT2D eigenvalue weighted by Crippen LogP contribution is -2.42. The Morgan fingerprint density at radius 2 is 1.97 bits per heavy atom. The second-order valence-corrected chi connectivity index (χ2v) is 10.4. The summed E-state index contributed by atoms with van der Waals surface area (Å²) in [6.07, 6.45) is 3.06. The van der Waals surface area contributed by atoms with Crippen molar-refractivity contribution in [3.63, 3.8) is 0 Å². The van der Waals surface area contributed by atoms with Crippen molar-refractivity contribution in [3.05, 3.63) is 94.0 Å². The zero-order chi connectivity index (χ0) is 25.6. The highest BCUT2D eigenvalue weighted by Gasteiger charge is 2.58. The van der Waals surface area contributed by atoms with Crippen LogP contribution in [0.1, 0.15) is 24.0 Å². The lowest BCUT2D eigenvalue weighted by molar-refractivity contribution is 0.0845. The lowest BCUT2D eigenvalue weighted by Gasteiger charge is -2.32. The van der Waals surface area contributed by atoms with Crippen molar-refractivity contribution in [1.29, 1.82) is 0 Å². The van der Waals surface area contributed by atoms with Crippen molar-refractivity contribution in [2.45, 2.75) is 24.9 Å². The van der Waals surface area contributed by atoms with Gasteiger partial charge in [0, 0.05) is 23.9 Å². The number of hydrogen-bond donors (Lipinski definition) is 1. The van der Waals surface area contributed by atoms with E-state index in [2.05, 4.69) is 21.4 Å². The van der Waals surface area contributed by atoms with Gasteiger partial charge >= 0.3 is 6.09 Å². The van der Waals surface area contributed by atoms with Crippen molar-refractivity contribution >= 4 is 51.7 Å². The third-order valence-electron chi connectivity index (χ3n) is 7.41. The molecule has 0 spiro atoms. The predicted molar refractivity (Wildman–Crippen MR) is 142 cm³/mol. The average Bonchev–Trinajstić information content (AvgIpc) is 3.68. The topological polar surface area (TPSA) is 67.3 Å². The van der Waals surface area contributed by atoms with E-state index in [0.717, 1.165) is 34.9 Å². The summed E-state index contributed by atoms with van der Waals surface area (Å²) in [4.78, 5) is 23.4. The Morgan fingerprint density at radius 3 is 2.81 bits per heavy atom. The van der Waals surface area contributed by atoms with Crippen molar-refractivity contribution in [1.82, 2.24) is 14.9 Å². The number of rotatable bonds is 5. The first-order valence-electron chi connectivity index (χ1n) is 12.1. The molecular formula is C28H23Cl2FN4O2. The molecule has 3 aromatic carbocycles. The molecule has 2 heterocycles. The molecule has 37 heavy (non-hydrogen) atoms. The van der Waals surface area contributed by atoms with Gasteiger partial charge in [-0.15, -0.1) is 0 Å². The minimum absolute atomic E-state index is 0.139. The van der Waals surface area contributed by atoms with Crippen LogP contribution in [0.25, 0.3) is 10.9 Å². The van der Waals surface area contributed by atoms with E-state index in [-0.39, 0.29) is 33.8 Å². The summed E-state index contributed by atoms with van der Waals surface area (Å²) in [5.41, 5.74) is 2.83. The standard InChI is InChI=1S/C28H23Cl2FN4O2/c29-21-7-9-23(25(31)24(21)30)34-26-20-12-18(6-8-22(20)32-16-33-26)28-13-19(28)10-11-35(15-28)27(36)37-14-17-4-2-1-3-5-17/h1-9,12,16,19H,10-11,13-15H2,(H,32,33,34). The molecule has 1 aliphatic carbocycles. The molecule has 0 radical (unpaired) electrons. The minimum atomic E-state index is -0.644. The second-order valence-electron chi connectivity index (χ2n) is 9.61. The molecule has 6 rings (SSSR count). The molecule has 0 bridgehead atoms. The number of carbonyl (C=O) groups excluding carboxylic acids is 1. The van der Waals surface area contributed by atoms with Crippen LogP contribution in [0.15, 0.2) is 67.0 Å². The van der Waals surface area contributed by atoms with Gasteiger partial charge in [0.25, 0.3) is 0 Å². The number of amides is 1. The van der Waals surface area contributed by atoms with Crippen molar-refractivity contribution in [2.24, 2.45) is 5.92 Å². The normalized spacial score (nSPS) is 20.4. The molecule has 2 atom stereocenters. The summed E-state index contributed by atoms with van der Waals surface area (Å²) in [5, 5.41) is 3.80. The summed E-state index contributed by atoms with van der Waals surface area (Å²) in [6, 6.07) is 18.8. The summed E-state index contributed by atoms with van der Waals surface area (Å²) in [7, 11) is 0. The molecule has 1 aliphatic heterocycles. The van der Waals surface area contributed by atoms with E-state index in [4.69, 9.17) is 27.9 Å². The van der Waals surface area contributed by atoms with Crippen LogP contribution in [-0.2, 0) is 16.8 Å². The zero-order valence-electron chi connectivity index (χ0n) is 19.8. The van der Waals surface area contributed by atoms with E-state index >= 15 is 0 Å². The molecule has 1 saturated heterocycles. The number of halogens is 3. The van der Waals surface area contributed by atoms with Gasteiger partial charge in [-0.3, -0.25) is 0 Å². The smallest absolute Gasteiger partial charge is 0.410 e. The Balaban J connectivity index is 1.25. The van der Waals surface area contributed by atoms with Crippen molar-refractivity contribution in [2.75, 3.05) is 18.4 Å². The Morgan fingerprint density at radius 1 is 1.14 bits per heavy atom. The van der Waals surface area contributed by atoms with E-state index in [1.54, 1.807) is 0 Å². The van der Waals surface area contributed by atoms with E-state index in [1.165, 1.54) is 18.5 Å². The fourth-order valence-electron chi connectivity index (χ4n) is 5.31. The first-order valence-corrected chi connectivity index (χ1v) is 12.8. The fraction of sp³-hybridized carbons (Fsp3) is 0.250. The van der Waals surface area contributed by atoms with Crippen LogP contribution in [0.5, 0.6) is 0 Å². The van der Waals surface area contributed by atoms with Gasteiger partial charge in [0.1, 0.15) is 18.8 Å². The van der Waals surface area contributed by atoms with Crippen LogP contribution in [0.2, 0.25) is 10.0 Å². The molecular weight excluding hydrogens is 514 g/mol. The molecule has 6 nitrogen and oxygen atoms in total. The SMILES string of the molecule is O=C(OCc1ccccc1)N1CCC2CC2(c2ccc3ncnc(Nc4ccc(Cl)c(Cl)c4F)c3c2)C1. The number of nitrogens with zero attached hydrogens (tertiary/aromatic N) is 3. The lowest BCUT2D eigenvalue weighted by atomic mass is 9.88. The quantitative estimate of drug-likeness (QED) is 0.275. The Kier molecular flexibility index (Phi) is 6.13. The van der Waals surface area contributed by atoms with Crippen LogP contribution in [-0.4, -0.2) is 34.1 Å². The van der Waals surface area contributed by atoms with Crippen molar-refractivity contribution < 1.29 is 13.9 Å². The summed E-state index contributed by atoms with van der Waals surface area (Å²) in [5.74, 6) is 0.319. The number of aromatic nitrogens is 2. The highest BCUT2D eigenvalue weighted by Crippen LogP contribution is 2.59. The molecule has 1 N–H and O–H groups in total. The summed E-state index contributed by atoms with van der Waals surface area (Å²) in [6.45, 7) is 1.52. The number of piperidine rings is 1. The maximum Gasteiger partial charge on any atom is 0.410 e. The zero-order valence-corrected chi connectivity index (χ0v) is 21.3. The van der Waals surface area contributed by atoms with Crippen LogP contribution in [0, 0.1) is 11.7 Å². The third-order valence-corrected chi connectivity index (χ3v) is 8.20. The van der Waals surface area contributed by atoms with Gasteiger partial charge < -0.3 is 15.0 Å².